The molecule has 0 fully saturated rings. The van der Waals surface area contributed by atoms with Crippen LogP contribution in [0.15, 0.2) is 70.0 Å². The molecular weight excluding hydrogens is 328 g/mol. The molecule has 2 aromatic carbocycles. The Labute approximate surface area is 139 Å². The van der Waals surface area contributed by atoms with Crippen molar-refractivity contribution < 1.29 is 21.8 Å². The van der Waals surface area contributed by atoms with Gasteiger partial charge in [-0.3, -0.25) is 4.79 Å². The second-order valence-corrected chi connectivity index (χ2v) is 6.67. The quantitative estimate of drug-likeness (QED) is 0.520. The van der Waals surface area contributed by atoms with Crippen molar-refractivity contribution in [3.05, 3.63) is 72.0 Å². The second kappa shape index (κ2) is 6.33. The van der Waals surface area contributed by atoms with Crippen LogP contribution in [0.1, 0.15) is 16.1 Å². The molecule has 0 spiro atoms. The Morgan fingerprint density at radius 3 is 2.42 bits per heavy atom. The van der Waals surface area contributed by atoms with E-state index in [0.29, 0.717) is 23.2 Å². The van der Waals surface area contributed by atoms with Gasteiger partial charge in [0.15, 0.2) is 12.0 Å². The zero-order chi connectivity index (χ0) is 17.2. The standard InChI is InChI=1S/C18H14O5S/c1-13-7-8-14(17-10-9-16(12-19)22-17)11-18(13)24(20,21)23-15-5-3-2-4-6-15/h2-12H,1H3. The first-order valence-corrected chi connectivity index (χ1v) is 8.56. The fraction of sp³-hybridized carbons (Fsp3) is 0.0556. The molecule has 1 aromatic heterocycles. The van der Waals surface area contributed by atoms with Crippen molar-refractivity contribution in [3.8, 4) is 17.1 Å². The van der Waals surface area contributed by atoms with Gasteiger partial charge in [-0.1, -0.05) is 30.3 Å². The number of furan rings is 1. The highest BCUT2D eigenvalue weighted by Crippen LogP contribution is 2.28. The third kappa shape index (κ3) is 3.23. The average molecular weight is 342 g/mol. The summed E-state index contributed by atoms with van der Waals surface area (Å²) < 4.78 is 35.6. The predicted octanol–water partition coefficient (Wildman–Crippen LogP) is 3.84. The van der Waals surface area contributed by atoms with E-state index in [9.17, 15) is 13.2 Å². The first kappa shape index (κ1) is 16.0. The normalized spacial score (nSPS) is 11.2. The predicted molar refractivity (Wildman–Crippen MR) is 88.5 cm³/mol. The van der Waals surface area contributed by atoms with Gasteiger partial charge in [-0.2, -0.15) is 8.42 Å². The lowest BCUT2D eigenvalue weighted by atomic mass is 10.1. The highest BCUT2D eigenvalue weighted by molar-refractivity contribution is 7.87. The lowest BCUT2D eigenvalue weighted by molar-refractivity contribution is 0.110. The zero-order valence-electron chi connectivity index (χ0n) is 12.8. The number of rotatable bonds is 5. The van der Waals surface area contributed by atoms with Crippen molar-refractivity contribution in [2.45, 2.75) is 11.8 Å². The van der Waals surface area contributed by atoms with Crippen molar-refractivity contribution >= 4 is 16.4 Å². The summed E-state index contributed by atoms with van der Waals surface area (Å²) in [6.45, 7) is 1.68. The lowest BCUT2D eigenvalue weighted by Gasteiger charge is -2.10. The van der Waals surface area contributed by atoms with Crippen molar-refractivity contribution in [2.75, 3.05) is 0 Å². The highest BCUT2D eigenvalue weighted by atomic mass is 32.2. The summed E-state index contributed by atoms with van der Waals surface area (Å²) in [4.78, 5) is 10.8. The van der Waals surface area contributed by atoms with Gasteiger partial charge in [0, 0.05) is 5.56 Å². The molecule has 0 radical (unpaired) electrons. The minimum atomic E-state index is -3.98. The molecule has 0 amide bonds. The number of benzene rings is 2. The number of carbonyl (C=O) groups excluding carboxylic acids is 1. The number of para-hydroxylation sites is 1. The smallest absolute Gasteiger partial charge is 0.339 e. The monoisotopic (exact) mass is 342 g/mol. The summed E-state index contributed by atoms with van der Waals surface area (Å²) in [5.74, 6) is 0.826. The van der Waals surface area contributed by atoms with Crippen LogP contribution in [0, 0.1) is 6.92 Å². The molecule has 3 aromatic rings. The van der Waals surface area contributed by atoms with E-state index in [-0.39, 0.29) is 16.4 Å². The number of hydrogen-bond donors (Lipinski definition) is 0. The van der Waals surface area contributed by atoms with Crippen molar-refractivity contribution in [2.24, 2.45) is 0 Å². The van der Waals surface area contributed by atoms with Crippen LogP contribution in [0.4, 0.5) is 0 Å². The molecule has 3 rings (SSSR count). The molecule has 0 unspecified atom stereocenters. The summed E-state index contributed by atoms with van der Waals surface area (Å²) in [5.41, 5.74) is 1.10. The summed E-state index contributed by atoms with van der Waals surface area (Å²) in [6, 6.07) is 16.3. The first-order valence-electron chi connectivity index (χ1n) is 7.15. The molecule has 5 nitrogen and oxygen atoms in total. The van der Waals surface area contributed by atoms with Gasteiger partial charge >= 0.3 is 10.1 Å². The fourth-order valence-corrected chi connectivity index (χ4v) is 3.43. The maximum absolute atomic E-state index is 12.6. The van der Waals surface area contributed by atoms with E-state index < -0.39 is 10.1 Å². The Morgan fingerprint density at radius 1 is 1.00 bits per heavy atom. The number of carbonyl (C=O) groups is 1. The van der Waals surface area contributed by atoms with Gasteiger partial charge in [0.1, 0.15) is 16.4 Å². The van der Waals surface area contributed by atoms with Crippen LogP contribution in [0.25, 0.3) is 11.3 Å². The molecule has 1 heterocycles. The third-order valence-electron chi connectivity index (χ3n) is 3.43. The van der Waals surface area contributed by atoms with Crippen LogP contribution < -0.4 is 4.18 Å². The van der Waals surface area contributed by atoms with E-state index in [2.05, 4.69) is 0 Å². The molecule has 0 saturated heterocycles. The Kier molecular flexibility index (Phi) is 4.22. The van der Waals surface area contributed by atoms with Gasteiger partial charge in [-0.05, 0) is 42.8 Å². The Balaban J connectivity index is 2.00. The highest BCUT2D eigenvalue weighted by Gasteiger charge is 2.21. The van der Waals surface area contributed by atoms with Crippen LogP contribution in [0.2, 0.25) is 0 Å². The Morgan fingerprint density at radius 2 is 1.75 bits per heavy atom. The van der Waals surface area contributed by atoms with Gasteiger partial charge < -0.3 is 8.60 Å². The van der Waals surface area contributed by atoms with Gasteiger partial charge in [-0.15, -0.1) is 0 Å². The number of aryl methyl sites for hydroxylation is 1. The molecule has 24 heavy (non-hydrogen) atoms. The number of aldehydes is 1. The molecule has 122 valence electrons. The van der Waals surface area contributed by atoms with Crippen LogP contribution >= 0.6 is 0 Å². The summed E-state index contributed by atoms with van der Waals surface area (Å²) in [5, 5.41) is 0. The van der Waals surface area contributed by atoms with E-state index in [4.69, 9.17) is 8.60 Å². The van der Waals surface area contributed by atoms with E-state index in [1.54, 1.807) is 55.5 Å². The van der Waals surface area contributed by atoms with Crippen LogP contribution in [-0.2, 0) is 10.1 Å². The topological polar surface area (TPSA) is 73.6 Å². The van der Waals surface area contributed by atoms with Crippen molar-refractivity contribution in [1.29, 1.82) is 0 Å². The minimum Gasteiger partial charge on any atom is -0.453 e. The average Bonchev–Trinajstić information content (AvgIpc) is 3.05. The van der Waals surface area contributed by atoms with E-state index in [1.165, 1.54) is 12.1 Å². The van der Waals surface area contributed by atoms with Gasteiger partial charge in [-0.25, -0.2) is 0 Å². The molecule has 0 aliphatic carbocycles. The van der Waals surface area contributed by atoms with E-state index in [1.807, 2.05) is 0 Å². The Bertz CT molecular complexity index is 972. The molecule has 0 aliphatic rings. The van der Waals surface area contributed by atoms with Gasteiger partial charge in [0.05, 0.1) is 0 Å². The molecular formula is C18H14O5S. The molecule has 0 saturated carbocycles. The molecule has 6 heteroatoms. The maximum atomic E-state index is 12.6. The van der Waals surface area contributed by atoms with E-state index in [0.717, 1.165) is 0 Å². The largest absolute Gasteiger partial charge is 0.453 e. The van der Waals surface area contributed by atoms with Crippen molar-refractivity contribution in [3.63, 3.8) is 0 Å². The third-order valence-corrected chi connectivity index (χ3v) is 4.82. The van der Waals surface area contributed by atoms with Gasteiger partial charge in [0.2, 0.25) is 0 Å². The Hall–Kier alpha value is -2.86. The van der Waals surface area contributed by atoms with E-state index >= 15 is 0 Å². The summed E-state index contributed by atoms with van der Waals surface area (Å²) >= 11 is 0. The SMILES string of the molecule is Cc1ccc(-c2ccc(C=O)o2)cc1S(=O)(=O)Oc1ccccc1. The fourth-order valence-electron chi connectivity index (χ4n) is 2.24. The van der Waals surface area contributed by atoms with Crippen LogP contribution in [0.5, 0.6) is 5.75 Å². The van der Waals surface area contributed by atoms with Crippen LogP contribution in [-0.4, -0.2) is 14.7 Å². The molecule has 0 bridgehead atoms. The molecule has 0 N–H and O–H groups in total. The first-order chi connectivity index (χ1) is 11.5. The van der Waals surface area contributed by atoms with Crippen LogP contribution in [0.3, 0.4) is 0 Å². The number of hydrogen-bond acceptors (Lipinski definition) is 5. The lowest BCUT2D eigenvalue weighted by Crippen LogP contribution is -2.11. The second-order valence-electron chi connectivity index (χ2n) is 5.15. The van der Waals surface area contributed by atoms with Crippen molar-refractivity contribution in [1.82, 2.24) is 0 Å². The van der Waals surface area contributed by atoms with Gasteiger partial charge in [0.25, 0.3) is 0 Å². The molecule has 0 aliphatic heterocycles. The zero-order valence-corrected chi connectivity index (χ0v) is 13.6. The molecule has 0 atom stereocenters. The summed E-state index contributed by atoms with van der Waals surface area (Å²) in [6.07, 6.45) is 0.591. The maximum Gasteiger partial charge on any atom is 0.339 e. The minimum absolute atomic E-state index is 0.0490. The summed E-state index contributed by atoms with van der Waals surface area (Å²) in [7, 11) is -3.98.